The average Bonchev–Trinajstić information content (AvgIpc) is 2.32. The van der Waals surface area contributed by atoms with E-state index in [1.807, 2.05) is 0 Å². The molecular formula is C9H13NO4S. The van der Waals surface area contributed by atoms with Crippen LogP contribution in [0.4, 0.5) is 0 Å². The Morgan fingerprint density at radius 3 is 2.60 bits per heavy atom. The van der Waals surface area contributed by atoms with Gasteiger partial charge in [0.05, 0.1) is 5.38 Å². The zero-order chi connectivity index (χ0) is 11.6. The van der Waals surface area contributed by atoms with E-state index in [0.29, 0.717) is 0 Å². The summed E-state index contributed by atoms with van der Waals surface area (Å²) in [7, 11) is 0. The van der Waals surface area contributed by atoms with E-state index in [-0.39, 0.29) is 17.3 Å². The Labute approximate surface area is 90.9 Å². The summed E-state index contributed by atoms with van der Waals surface area (Å²) in [5, 5.41) is 10.5. The molecule has 0 saturated carbocycles. The maximum absolute atomic E-state index is 11.3. The maximum atomic E-state index is 11.3. The number of hydrogen-bond donors (Lipinski definition) is 1. The monoisotopic (exact) mass is 231 g/mol. The Bertz CT molecular complexity index is 412. The van der Waals surface area contributed by atoms with E-state index in [0.717, 1.165) is 15.9 Å². The van der Waals surface area contributed by atoms with Crippen LogP contribution in [0, 0.1) is 0 Å². The van der Waals surface area contributed by atoms with Gasteiger partial charge in [-0.25, -0.2) is 0 Å². The van der Waals surface area contributed by atoms with E-state index >= 15 is 0 Å². The van der Waals surface area contributed by atoms with Crippen LogP contribution in [0.3, 0.4) is 0 Å². The topological polar surface area (TPSA) is 68.5 Å². The van der Waals surface area contributed by atoms with Gasteiger partial charge in [-0.1, -0.05) is 11.3 Å². The zero-order valence-corrected chi connectivity index (χ0v) is 9.63. The lowest BCUT2D eigenvalue weighted by Crippen LogP contribution is -2.28. The number of aromatic nitrogens is 1. The lowest BCUT2D eigenvalue weighted by atomic mass is 10.2. The fourth-order valence-corrected chi connectivity index (χ4v) is 1.59. The first-order chi connectivity index (χ1) is 6.79. The summed E-state index contributed by atoms with van der Waals surface area (Å²) in [5.41, 5.74) is -0.591. The van der Waals surface area contributed by atoms with Crippen LogP contribution in [0.5, 0.6) is 5.88 Å². The predicted molar refractivity (Wildman–Crippen MR) is 56.1 cm³/mol. The zero-order valence-electron chi connectivity index (χ0n) is 8.81. The number of nitrogens with zero attached hydrogens (tertiary/aromatic N) is 1. The fraction of sp³-hybridized carbons (Fsp3) is 0.556. The number of thiazole rings is 1. The van der Waals surface area contributed by atoms with Gasteiger partial charge in [0.1, 0.15) is 12.1 Å². The normalized spacial score (nSPS) is 11.4. The molecule has 5 nitrogen and oxygen atoms in total. The number of rotatable bonds is 2. The summed E-state index contributed by atoms with van der Waals surface area (Å²) < 4.78 is 5.99. The molecule has 0 aliphatic heterocycles. The highest BCUT2D eigenvalue weighted by atomic mass is 32.1. The molecule has 84 valence electrons. The van der Waals surface area contributed by atoms with Gasteiger partial charge in [-0.05, 0) is 20.8 Å². The van der Waals surface area contributed by atoms with E-state index in [1.54, 1.807) is 20.8 Å². The smallest absolute Gasteiger partial charge is 0.326 e. The molecule has 0 amide bonds. The van der Waals surface area contributed by atoms with Gasteiger partial charge in [-0.3, -0.25) is 14.2 Å². The van der Waals surface area contributed by atoms with Gasteiger partial charge in [0.15, 0.2) is 0 Å². The van der Waals surface area contributed by atoms with Gasteiger partial charge in [0, 0.05) is 0 Å². The van der Waals surface area contributed by atoms with Crippen molar-refractivity contribution < 1.29 is 14.6 Å². The first kappa shape index (κ1) is 11.8. The second-order valence-electron chi connectivity index (χ2n) is 4.03. The maximum Gasteiger partial charge on any atom is 0.326 e. The van der Waals surface area contributed by atoms with Crippen LogP contribution in [0.15, 0.2) is 10.2 Å². The minimum atomic E-state index is -0.591. The third-order valence-electron chi connectivity index (χ3n) is 1.47. The SMILES string of the molecule is CC(C)(C)OC(=O)Cn1c(O)csc1=O. The van der Waals surface area contributed by atoms with E-state index in [2.05, 4.69) is 0 Å². The molecule has 1 N–H and O–H groups in total. The minimum Gasteiger partial charge on any atom is -0.494 e. The number of carbonyl (C=O) groups excluding carboxylic acids is 1. The van der Waals surface area contributed by atoms with Crippen LogP contribution in [-0.2, 0) is 16.1 Å². The third kappa shape index (κ3) is 3.39. The summed E-state index contributed by atoms with van der Waals surface area (Å²) in [5.74, 6) is -0.755. The highest BCUT2D eigenvalue weighted by Gasteiger charge is 2.18. The second kappa shape index (κ2) is 4.06. The molecule has 0 fully saturated rings. The summed E-state index contributed by atoms with van der Waals surface area (Å²) in [4.78, 5) is 22.1. The molecule has 0 bridgehead atoms. The van der Waals surface area contributed by atoms with Crippen molar-refractivity contribution in [2.24, 2.45) is 0 Å². The molecule has 1 aromatic rings. The molecule has 0 saturated heterocycles. The Morgan fingerprint density at radius 2 is 2.20 bits per heavy atom. The summed E-state index contributed by atoms with van der Waals surface area (Å²) in [6.07, 6.45) is 0. The van der Waals surface area contributed by atoms with Gasteiger partial charge in [-0.2, -0.15) is 0 Å². The number of ether oxygens (including phenoxy) is 1. The Kier molecular flexibility index (Phi) is 3.18. The molecule has 0 radical (unpaired) electrons. The van der Waals surface area contributed by atoms with Crippen LogP contribution in [-0.4, -0.2) is 21.2 Å². The highest BCUT2D eigenvalue weighted by molar-refractivity contribution is 7.07. The Morgan fingerprint density at radius 1 is 1.60 bits per heavy atom. The number of carbonyl (C=O) groups is 1. The molecule has 1 aromatic heterocycles. The molecule has 15 heavy (non-hydrogen) atoms. The van der Waals surface area contributed by atoms with Crippen molar-refractivity contribution >= 4 is 17.3 Å². The van der Waals surface area contributed by atoms with Crippen LogP contribution in [0.25, 0.3) is 0 Å². The van der Waals surface area contributed by atoms with Gasteiger partial charge in [-0.15, -0.1) is 0 Å². The van der Waals surface area contributed by atoms with Gasteiger partial charge < -0.3 is 9.84 Å². The van der Waals surface area contributed by atoms with Crippen molar-refractivity contribution in [2.75, 3.05) is 0 Å². The van der Waals surface area contributed by atoms with Gasteiger partial charge in [0.2, 0.25) is 5.88 Å². The number of hydrogen-bond acceptors (Lipinski definition) is 5. The highest BCUT2D eigenvalue weighted by Crippen LogP contribution is 2.11. The van der Waals surface area contributed by atoms with E-state index in [1.165, 1.54) is 5.38 Å². The lowest BCUT2D eigenvalue weighted by Gasteiger charge is -2.19. The number of esters is 1. The first-order valence-corrected chi connectivity index (χ1v) is 5.27. The van der Waals surface area contributed by atoms with E-state index < -0.39 is 11.6 Å². The first-order valence-electron chi connectivity index (χ1n) is 4.39. The summed E-state index contributed by atoms with van der Waals surface area (Å²) >= 11 is 0.841. The van der Waals surface area contributed by atoms with E-state index in [9.17, 15) is 14.7 Å². The van der Waals surface area contributed by atoms with Crippen LogP contribution >= 0.6 is 11.3 Å². The Balaban J connectivity index is 2.72. The van der Waals surface area contributed by atoms with Crippen LogP contribution in [0.2, 0.25) is 0 Å². The molecule has 0 aliphatic carbocycles. The molecule has 6 heteroatoms. The van der Waals surface area contributed by atoms with Crippen LogP contribution < -0.4 is 4.87 Å². The van der Waals surface area contributed by atoms with E-state index in [4.69, 9.17) is 4.74 Å². The summed E-state index contributed by atoms with van der Waals surface area (Å²) in [6.45, 7) is 4.95. The fourth-order valence-electron chi connectivity index (χ4n) is 0.972. The van der Waals surface area contributed by atoms with Crippen molar-refractivity contribution in [1.82, 2.24) is 4.57 Å². The Hall–Kier alpha value is -1.30. The number of aromatic hydroxyl groups is 1. The van der Waals surface area contributed by atoms with Crippen molar-refractivity contribution in [3.63, 3.8) is 0 Å². The largest absolute Gasteiger partial charge is 0.494 e. The lowest BCUT2D eigenvalue weighted by molar-refractivity contribution is -0.155. The molecule has 0 aromatic carbocycles. The van der Waals surface area contributed by atoms with Crippen LogP contribution in [0.1, 0.15) is 20.8 Å². The van der Waals surface area contributed by atoms with Crippen molar-refractivity contribution in [3.8, 4) is 5.88 Å². The predicted octanol–water partition coefficient (Wildman–Crippen LogP) is 0.957. The molecule has 1 rings (SSSR count). The second-order valence-corrected chi connectivity index (χ2v) is 4.85. The molecule has 1 heterocycles. The van der Waals surface area contributed by atoms with Crippen molar-refractivity contribution in [2.45, 2.75) is 32.9 Å². The third-order valence-corrected chi connectivity index (χ3v) is 2.22. The van der Waals surface area contributed by atoms with Gasteiger partial charge >= 0.3 is 10.8 Å². The van der Waals surface area contributed by atoms with Gasteiger partial charge in [0.25, 0.3) is 0 Å². The summed E-state index contributed by atoms with van der Waals surface area (Å²) in [6, 6.07) is 0. The van der Waals surface area contributed by atoms with Crippen molar-refractivity contribution in [3.05, 3.63) is 15.0 Å². The molecule has 0 aliphatic rings. The van der Waals surface area contributed by atoms with Crippen molar-refractivity contribution in [1.29, 1.82) is 0 Å². The molecule has 0 atom stereocenters. The standard InChI is InChI=1S/C9H13NO4S/c1-9(2,3)14-7(12)4-10-6(11)5-15-8(10)13/h5,11H,4H2,1-3H3. The molecule has 0 unspecified atom stereocenters. The molecule has 0 spiro atoms. The molecular weight excluding hydrogens is 218 g/mol. The quantitative estimate of drug-likeness (QED) is 0.770. The minimum absolute atomic E-state index is 0.212. The average molecular weight is 231 g/mol.